The van der Waals surface area contributed by atoms with Crippen LogP contribution in [0.2, 0.25) is 0 Å². The van der Waals surface area contributed by atoms with Gasteiger partial charge in [0.05, 0.1) is 0 Å². The van der Waals surface area contributed by atoms with E-state index in [1.54, 1.807) is 0 Å². The zero-order valence-corrected chi connectivity index (χ0v) is 14.5. The normalized spacial score (nSPS) is 18.8. The monoisotopic (exact) mass is 340 g/mol. The molecule has 0 bridgehead atoms. The first-order valence-corrected chi connectivity index (χ1v) is 8.53. The molecule has 5 nitrogen and oxygen atoms in total. The van der Waals surface area contributed by atoms with E-state index in [1.165, 1.54) is 5.56 Å². The molecule has 132 valence electrons. The summed E-state index contributed by atoms with van der Waals surface area (Å²) >= 11 is 0. The van der Waals surface area contributed by atoms with Crippen molar-refractivity contribution in [3.8, 4) is 5.75 Å². The van der Waals surface area contributed by atoms with Crippen molar-refractivity contribution in [2.24, 2.45) is 0 Å². The van der Waals surface area contributed by atoms with Crippen LogP contribution in [0.5, 0.6) is 5.75 Å². The Bertz CT molecular complexity index is 705. The molecule has 2 aromatic carbocycles. The average Bonchev–Trinajstić information content (AvgIpc) is 2.63. The highest BCUT2D eigenvalue weighted by Gasteiger charge is 2.26. The molecule has 0 aliphatic carbocycles. The van der Waals surface area contributed by atoms with Gasteiger partial charge in [-0.05, 0) is 18.7 Å². The molecule has 2 aromatic rings. The van der Waals surface area contributed by atoms with Gasteiger partial charge in [0.15, 0.2) is 6.61 Å². The summed E-state index contributed by atoms with van der Waals surface area (Å²) in [4.78, 5) is 15.6. The van der Waals surface area contributed by atoms with E-state index in [2.05, 4.69) is 41.1 Å². The number of carbonyl (C=O) groups is 1. The molecule has 1 aliphatic rings. The molecule has 1 heterocycles. The van der Waals surface area contributed by atoms with E-state index in [1.807, 2.05) is 30.3 Å². The Morgan fingerprint density at radius 1 is 1.12 bits per heavy atom. The maximum atomic E-state index is 10.8. The van der Waals surface area contributed by atoms with Gasteiger partial charge in [-0.1, -0.05) is 48.5 Å². The molecule has 5 heteroatoms. The standard InChI is InChI=1S/C20H24N2O3/c1-21-11-12-22(14-18(21)16-7-3-2-4-8-16)13-17-9-5-6-10-19(17)25-15-20(23)24/h2-10,18H,11-15H2,1H3,(H,23,24)/t18-/m0/s1. The van der Waals surface area contributed by atoms with E-state index in [4.69, 9.17) is 9.84 Å². The van der Waals surface area contributed by atoms with Crippen LogP contribution in [0.4, 0.5) is 0 Å². The second kappa shape index (κ2) is 8.14. The van der Waals surface area contributed by atoms with Gasteiger partial charge in [-0.15, -0.1) is 0 Å². The molecule has 0 radical (unpaired) electrons. The second-order valence-electron chi connectivity index (χ2n) is 6.43. The van der Waals surface area contributed by atoms with Gasteiger partial charge in [0.1, 0.15) is 5.75 Å². The predicted octanol–water partition coefficient (Wildman–Crippen LogP) is 2.64. The van der Waals surface area contributed by atoms with Crippen molar-refractivity contribution in [1.29, 1.82) is 0 Å². The van der Waals surface area contributed by atoms with E-state index in [9.17, 15) is 4.79 Å². The quantitative estimate of drug-likeness (QED) is 0.876. The van der Waals surface area contributed by atoms with Gasteiger partial charge < -0.3 is 9.84 Å². The van der Waals surface area contributed by atoms with Crippen LogP contribution >= 0.6 is 0 Å². The van der Waals surface area contributed by atoms with E-state index in [-0.39, 0.29) is 6.61 Å². The number of carboxylic acids is 1. The molecule has 0 amide bonds. The lowest BCUT2D eigenvalue weighted by Gasteiger charge is -2.40. The van der Waals surface area contributed by atoms with Gasteiger partial charge in [0, 0.05) is 37.8 Å². The first kappa shape index (κ1) is 17.5. The third kappa shape index (κ3) is 4.59. The number of benzene rings is 2. The molecule has 0 aromatic heterocycles. The first-order valence-electron chi connectivity index (χ1n) is 8.53. The van der Waals surface area contributed by atoms with Crippen LogP contribution in [-0.4, -0.2) is 54.2 Å². The first-order chi connectivity index (χ1) is 12.1. The molecule has 3 rings (SSSR count). The van der Waals surface area contributed by atoms with Crippen molar-refractivity contribution in [2.75, 3.05) is 33.3 Å². The molecule has 25 heavy (non-hydrogen) atoms. The molecule has 1 aliphatic heterocycles. The number of hydrogen-bond acceptors (Lipinski definition) is 4. The van der Waals surface area contributed by atoms with Crippen LogP contribution in [0.25, 0.3) is 0 Å². The van der Waals surface area contributed by atoms with Crippen molar-refractivity contribution in [1.82, 2.24) is 9.80 Å². The number of likely N-dealkylation sites (N-methyl/N-ethyl adjacent to an activating group) is 1. The number of para-hydroxylation sites is 1. The number of piperazine rings is 1. The summed E-state index contributed by atoms with van der Waals surface area (Å²) in [5, 5.41) is 8.84. The van der Waals surface area contributed by atoms with Gasteiger partial charge in [-0.2, -0.15) is 0 Å². The SMILES string of the molecule is CN1CCN(Cc2ccccc2OCC(=O)O)C[C@H]1c1ccccc1. The van der Waals surface area contributed by atoms with E-state index < -0.39 is 5.97 Å². The van der Waals surface area contributed by atoms with Gasteiger partial charge in [0.25, 0.3) is 0 Å². The summed E-state index contributed by atoms with van der Waals surface area (Å²) < 4.78 is 5.44. The minimum Gasteiger partial charge on any atom is -0.482 e. The Kier molecular flexibility index (Phi) is 5.68. The minimum atomic E-state index is -0.960. The van der Waals surface area contributed by atoms with Crippen LogP contribution in [0.15, 0.2) is 54.6 Å². The second-order valence-corrected chi connectivity index (χ2v) is 6.43. The Hall–Kier alpha value is -2.37. The van der Waals surface area contributed by atoms with Crippen LogP contribution < -0.4 is 4.74 Å². The Labute approximate surface area is 148 Å². The fraction of sp³-hybridized carbons (Fsp3) is 0.350. The molecule has 1 atom stereocenters. The summed E-state index contributed by atoms with van der Waals surface area (Å²) in [6.45, 7) is 3.36. The zero-order valence-electron chi connectivity index (χ0n) is 14.5. The van der Waals surface area contributed by atoms with Crippen molar-refractivity contribution >= 4 is 5.97 Å². The molecule has 0 saturated carbocycles. The van der Waals surface area contributed by atoms with E-state index in [0.717, 1.165) is 31.7 Å². The maximum Gasteiger partial charge on any atom is 0.341 e. The highest BCUT2D eigenvalue weighted by molar-refractivity contribution is 5.68. The highest BCUT2D eigenvalue weighted by atomic mass is 16.5. The van der Waals surface area contributed by atoms with Crippen molar-refractivity contribution in [3.05, 3.63) is 65.7 Å². The number of carboxylic acid groups (broad SMARTS) is 1. The van der Waals surface area contributed by atoms with Gasteiger partial charge in [0.2, 0.25) is 0 Å². The van der Waals surface area contributed by atoms with Crippen LogP contribution in [-0.2, 0) is 11.3 Å². The number of rotatable bonds is 6. The Morgan fingerprint density at radius 3 is 2.60 bits per heavy atom. The van der Waals surface area contributed by atoms with Gasteiger partial charge in [-0.25, -0.2) is 4.79 Å². The van der Waals surface area contributed by atoms with Crippen LogP contribution in [0, 0.1) is 0 Å². The smallest absolute Gasteiger partial charge is 0.341 e. The van der Waals surface area contributed by atoms with Crippen molar-refractivity contribution < 1.29 is 14.6 Å². The summed E-state index contributed by atoms with van der Waals surface area (Å²) in [7, 11) is 2.17. The maximum absolute atomic E-state index is 10.8. The summed E-state index contributed by atoms with van der Waals surface area (Å²) in [5.41, 5.74) is 2.35. The molecular formula is C20H24N2O3. The predicted molar refractivity (Wildman–Crippen MR) is 96.7 cm³/mol. The fourth-order valence-corrected chi connectivity index (χ4v) is 3.26. The topological polar surface area (TPSA) is 53.0 Å². The molecular weight excluding hydrogens is 316 g/mol. The number of nitrogens with zero attached hydrogens (tertiary/aromatic N) is 2. The lowest BCUT2D eigenvalue weighted by molar-refractivity contribution is -0.139. The number of hydrogen-bond donors (Lipinski definition) is 1. The third-order valence-electron chi connectivity index (χ3n) is 4.63. The summed E-state index contributed by atoms with van der Waals surface area (Å²) in [6, 6.07) is 18.6. The Morgan fingerprint density at radius 2 is 1.84 bits per heavy atom. The molecule has 1 fully saturated rings. The molecule has 1 saturated heterocycles. The van der Waals surface area contributed by atoms with Crippen LogP contribution in [0.3, 0.4) is 0 Å². The minimum absolute atomic E-state index is 0.313. The third-order valence-corrected chi connectivity index (χ3v) is 4.63. The van der Waals surface area contributed by atoms with E-state index >= 15 is 0 Å². The number of aliphatic carboxylic acids is 1. The average molecular weight is 340 g/mol. The Balaban J connectivity index is 1.70. The zero-order chi connectivity index (χ0) is 17.6. The van der Waals surface area contributed by atoms with Gasteiger partial charge in [-0.3, -0.25) is 9.80 Å². The van der Waals surface area contributed by atoms with Crippen molar-refractivity contribution in [3.63, 3.8) is 0 Å². The highest BCUT2D eigenvalue weighted by Crippen LogP contribution is 2.26. The van der Waals surface area contributed by atoms with E-state index in [0.29, 0.717) is 11.8 Å². The lowest BCUT2D eigenvalue weighted by Crippen LogP contribution is -2.46. The van der Waals surface area contributed by atoms with Crippen molar-refractivity contribution in [2.45, 2.75) is 12.6 Å². The largest absolute Gasteiger partial charge is 0.482 e. The van der Waals surface area contributed by atoms with Crippen LogP contribution in [0.1, 0.15) is 17.2 Å². The van der Waals surface area contributed by atoms with Gasteiger partial charge >= 0.3 is 5.97 Å². The summed E-state index contributed by atoms with van der Waals surface area (Å²) in [6.07, 6.45) is 0. The fourth-order valence-electron chi connectivity index (χ4n) is 3.26. The lowest BCUT2D eigenvalue weighted by atomic mass is 10.0. The molecule has 0 spiro atoms. The number of ether oxygens (including phenoxy) is 1. The molecule has 1 N–H and O–H groups in total. The summed E-state index contributed by atoms with van der Waals surface area (Å²) in [5.74, 6) is -0.307. The molecule has 0 unspecified atom stereocenters.